The van der Waals surface area contributed by atoms with E-state index in [4.69, 9.17) is 4.74 Å². The monoisotopic (exact) mass is 314 g/mol. The van der Waals surface area contributed by atoms with Gasteiger partial charge in [0.2, 0.25) is 5.78 Å². The van der Waals surface area contributed by atoms with E-state index >= 15 is 0 Å². The number of ketones is 1. The molecular weight excluding hydrogens is 292 g/mol. The van der Waals surface area contributed by atoms with Crippen LogP contribution >= 0.6 is 0 Å². The molecular formula is C18H22N2O3. The number of carbonyl (C=O) groups excluding carboxylic acids is 2. The molecule has 0 fully saturated rings. The Labute approximate surface area is 135 Å². The van der Waals surface area contributed by atoms with Gasteiger partial charge in [-0.1, -0.05) is 0 Å². The molecule has 2 aromatic rings. The van der Waals surface area contributed by atoms with E-state index in [1.54, 1.807) is 0 Å². The van der Waals surface area contributed by atoms with Crippen LogP contribution in [-0.4, -0.2) is 27.0 Å². The lowest BCUT2D eigenvalue weighted by molar-refractivity contribution is -0.149. The first kappa shape index (κ1) is 15.6. The number of nitrogens with zero attached hydrogens (tertiary/aromatic N) is 2. The predicted octanol–water partition coefficient (Wildman–Crippen LogP) is 2.89. The predicted molar refractivity (Wildman–Crippen MR) is 86.5 cm³/mol. The molecule has 0 aliphatic carbocycles. The Morgan fingerprint density at radius 2 is 2.00 bits per heavy atom. The second-order valence-electron chi connectivity index (χ2n) is 6.31. The minimum Gasteiger partial charge on any atom is -0.462 e. The molecule has 0 saturated heterocycles. The zero-order chi connectivity index (χ0) is 16.6. The Kier molecular flexibility index (Phi) is 4.11. The normalized spacial score (nSPS) is 17.1. The fourth-order valence-corrected chi connectivity index (χ4v) is 3.22. The van der Waals surface area contributed by atoms with E-state index in [0.29, 0.717) is 11.4 Å². The summed E-state index contributed by atoms with van der Waals surface area (Å²) < 4.78 is 9.16. The first-order chi connectivity index (χ1) is 11.0. The van der Waals surface area contributed by atoms with E-state index in [2.05, 4.69) is 0 Å². The van der Waals surface area contributed by atoms with Crippen LogP contribution in [-0.2, 0) is 23.1 Å². The number of ether oxygens (including phenoxy) is 1. The number of hydrogen-bond donors (Lipinski definition) is 0. The number of rotatable bonds is 4. The largest absolute Gasteiger partial charge is 0.462 e. The molecule has 0 spiro atoms. The fraction of sp³-hybridized carbons (Fsp3) is 0.444. The summed E-state index contributed by atoms with van der Waals surface area (Å²) in [6.45, 7) is 4.47. The van der Waals surface area contributed by atoms with Crippen molar-refractivity contribution < 1.29 is 14.3 Å². The lowest BCUT2D eigenvalue weighted by atomic mass is 9.96. The lowest BCUT2D eigenvalue weighted by Crippen LogP contribution is -2.27. The molecule has 1 aliphatic rings. The van der Waals surface area contributed by atoms with Gasteiger partial charge in [-0.25, -0.2) is 0 Å². The first-order valence-electron chi connectivity index (χ1n) is 8.05. The molecule has 3 rings (SSSR count). The molecule has 23 heavy (non-hydrogen) atoms. The molecule has 0 radical (unpaired) electrons. The van der Waals surface area contributed by atoms with Gasteiger partial charge < -0.3 is 13.9 Å². The topological polar surface area (TPSA) is 53.2 Å². The van der Waals surface area contributed by atoms with Crippen molar-refractivity contribution in [2.75, 3.05) is 0 Å². The minimum atomic E-state index is -0.277. The molecule has 0 saturated carbocycles. The van der Waals surface area contributed by atoms with Crippen LogP contribution in [0.2, 0.25) is 0 Å². The molecule has 1 atom stereocenters. The summed E-state index contributed by atoms with van der Waals surface area (Å²) in [4.78, 5) is 25.1. The smallest absolute Gasteiger partial charge is 0.315 e. The SMILES string of the molecule is CC(C)OC(=O)C1CCCn2c(C(=O)c3cccn3C)ccc21. The molecule has 0 aromatic carbocycles. The summed E-state index contributed by atoms with van der Waals surface area (Å²) in [5.41, 5.74) is 2.18. The maximum absolute atomic E-state index is 12.8. The van der Waals surface area contributed by atoms with Gasteiger partial charge >= 0.3 is 5.97 Å². The molecule has 5 heteroatoms. The van der Waals surface area contributed by atoms with Crippen molar-refractivity contribution in [2.45, 2.75) is 45.3 Å². The number of aromatic nitrogens is 2. The quantitative estimate of drug-likeness (QED) is 0.644. The van der Waals surface area contributed by atoms with E-state index in [0.717, 1.165) is 25.1 Å². The summed E-state index contributed by atoms with van der Waals surface area (Å²) in [6.07, 6.45) is 3.37. The maximum atomic E-state index is 12.8. The number of fused-ring (bicyclic) bond motifs is 1. The molecule has 5 nitrogen and oxygen atoms in total. The van der Waals surface area contributed by atoms with Crippen LogP contribution in [0, 0.1) is 0 Å². The van der Waals surface area contributed by atoms with Gasteiger partial charge in [-0.15, -0.1) is 0 Å². The van der Waals surface area contributed by atoms with Crippen LogP contribution in [0.1, 0.15) is 54.5 Å². The van der Waals surface area contributed by atoms with Crippen LogP contribution in [0.4, 0.5) is 0 Å². The van der Waals surface area contributed by atoms with Crippen molar-refractivity contribution in [3.8, 4) is 0 Å². The summed E-state index contributed by atoms with van der Waals surface area (Å²) in [5, 5.41) is 0. The van der Waals surface area contributed by atoms with E-state index < -0.39 is 0 Å². The highest BCUT2D eigenvalue weighted by atomic mass is 16.5. The van der Waals surface area contributed by atoms with Crippen molar-refractivity contribution in [3.63, 3.8) is 0 Å². The van der Waals surface area contributed by atoms with Crippen molar-refractivity contribution in [2.24, 2.45) is 7.05 Å². The highest BCUT2D eigenvalue weighted by molar-refractivity contribution is 6.07. The molecule has 2 aromatic heterocycles. The van der Waals surface area contributed by atoms with Crippen LogP contribution in [0.25, 0.3) is 0 Å². The maximum Gasteiger partial charge on any atom is 0.315 e. The lowest BCUT2D eigenvalue weighted by Gasteiger charge is -2.25. The van der Waals surface area contributed by atoms with E-state index in [1.807, 2.05) is 60.5 Å². The molecule has 0 amide bonds. The van der Waals surface area contributed by atoms with Gasteiger partial charge in [0, 0.05) is 25.5 Å². The van der Waals surface area contributed by atoms with E-state index in [9.17, 15) is 9.59 Å². The highest BCUT2D eigenvalue weighted by Crippen LogP contribution is 2.31. The number of hydrogen-bond acceptors (Lipinski definition) is 3. The van der Waals surface area contributed by atoms with Crippen LogP contribution < -0.4 is 0 Å². The summed E-state index contributed by atoms with van der Waals surface area (Å²) in [7, 11) is 1.86. The summed E-state index contributed by atoms with van der Waals surface area (Å²) >= 11 is 0. The molecule has 0 bridgehead atoms. The van der Waals surface area contributed by atoms with Gasteiger partial charge in [0.15, 0.2) is 0 Å². The molecule has 3 heterocycles. The summed E-state index contributed by atoms with van der Waals surface area (Å²) in [5.74, 6) is -0.486. The molecule has 122 valence electrons. The van der Waals surface area contributed by atoms with Gasteiger partial charge in [0.25, 0.3) is 0 Å². The molecule has 1 unspecified atom stereocenters. The fourth-order valence-electron chi connectivity index (χ4n) is 3.22. The van der Waals surface area contributed by atoms with E-state index in [-0.39, 0.29) is 23.8 Å². The third-order valence-electron chi connectivity index (χ3n) is 4.29. The zero-order valence-corrected chi connectivity index (χ0v) is 13.8. The summed E-state index contributed by atoms with van der Waals surface area (Å²) in [6, 6.07) is 7.39. The Morgan fingerprint density at radius 3 is 2.65 bits per heavy atom. The molecule has 0 N–H and O–H groups in total. The average Bonchev–Trinajstić information content (AvgIpc) is 3.11. The molecule has 1 aliphatic heterocycles. The van der Waals surface area contributed by atoms with Crippen molar-refractivity contribution in [1.82, 2.24) is 9.13 Å². The van der Waals surface area contributed by atoms with Crippen LogP contribution in [0.5, 0.6) is 0 Å². The van der Waals surface area contributed by atoms with Gasteiger partial charge in [-0.05, 0) is 51.0 Å². The minimum absolute atomic E-state index is 0.0124. The van der Waals surface area contributed by atoms with Gasteiger partial charge in [0.05, 0.1) is 23.4 Å². The van der Waals surface area contributed by atoms with Crippen LogP contribution in [0.15, 0.2) is 30.5 Å². The zero-order valence-electron chi connectivity index (χ0n) is 13.8. The van der Waals surface area contributed by atoms with Crippen molar-refractivity contribution >= 4 is 11.8 Å². The second-order valence-corrected chi connectivity index (χ2v) is 6.31. The van der Waals surface area contributed by atoms with Crippen LogP contribution in [0.3, 0.4) is 0 Å². The Balaban J connectivity index is 1.93. The van der Waals surface area contributed by atoms with Gasteiger partial charge in [-0.3, -0.25) is 9.59 Å². The number of aryl methyl sites for hydroxylation is 1. The Bertz CT molecular complexity index is 739. The number of esters is 1. The second kappa shape index (κ2) is 6.07. The van der Waals surface area contributed by atoms with Crippen molar-refractivity contribution in [3.05, 3.63) is 47.5 Å². The standard InChI is InChI=1S/C18H22N2O3/c1-12(2)23-18(22)13-6-4-11-20-14(13)8-9-16(20)17(21)15-7-5-10-19(15)3/h5,7-10,12-13H,4,6,11H2,1-3H3. The average molecular weight is 314 g/mol. The Morgan fingerprint density at radius 1 is 1.22 bits per heavy atom. The number of carbonyl (C=O) groups is 2. The highest BCUT2D eigenvalue weighted by Gasteiger charge is 2.31. The van der Waals surface area contributed by atoms with Crippen molar-refractivity contribution in [1.29, 1.82) is 0 Å². The van der Waals surface area contributed by atoms with Gasteiger partial charge in [0.1, 0.15) is 0 Å². The third-order valence-corrected chi connectivity index (χ3v) is 4.29. The van der Waals surface area contributed by atoms with Gasteiger partial charge in [-0.2, -0.15) is 0 Å². The first-order valence-corrected chi connectivity index (χ1v) is 8.05. The third kappa shape index (κ3) is 2.83. The Hall–Kier alpha value is -2.30. The van der Waals surface area contributed by atoms with E-state index in [1.165, 1.54) is 0 Å².